The molecular weight excluding hydrogens is 240 g/mol. The third-order valence-corrected chi connectivity index (χ3v) is 2.12. The number of aliphatic hydroxyl groups excluding tert-OH is 4. The first-order chi connectivity index (χ1) is 7.85. The maximum absolute atomic E-state index is 11.1. The van der Waals surface area contributed by atoms with Crippen molar-refractivity contribution < 1.29 is 44.5 Å². The molecule has 0 unspecified atom stereocenters. The van der Waals surface area contributed by atoms with Crippen LogP contribution in [-0.4, -0.2) is 63.1 Å². The highest BCUT2D eigenvalue weighted by Gasteiger charge is 2.65. The first kappa shape index (κ1) is 13.8. The van der Waals surface area contributed by atoms with E-state index in [2.05, 4.69) is 14.5 Å². The van der Waals surface area contributed by atoms with Gasteiger partial charge in [-0.2, -0.15) is 0 Å². The zero-order chi connectivity index (χ0) is 13.2. The summed E-state index contributed by atoms with van der Waals surface area (Å²) in [5, 5.41) is 36.6. The van der Waals surface area contributed by atoms with Crippen LogP contribution in [0.3, 0.4) is 0 Å². The van der Waals surface area contributed by atoms with Gasteiger partial charge in [0.1, 0.15) is 12.2 Å². The number of rotatable bonds is 5. The van der Waals surface area contributed by atoms with Crippen LogP contribution in [0.25, 0.3) is 0 Å². The molecule has 1 fully saturated rings. The standard InChI is InChI=1S/C8H12O9/c1-3(10)15-8(7(14)16-17-8)6(13)5(12)4(11)2-9/h4-6,9,11-13H,2H2,1H3/t4-,5-,6+,8+/m1/s1. The lowest BCUT2D eigenvalue weighted by Crippen LogP contribution is -2.67. The molecule has 1 aliphatic rings. The molecule has 17 heavy (non-hydrogen) atoms. The third kappa shape index (κ3) is 2.37. The number of aliphatic hydroxyl groups is 4. The van der Waals surface area contributed by atoms with E-state index in [1.807, 2.05) is 0 Å². The van der Waals surface area contributed by atoms with Gasteiger partial charge in [0.2, 0.25) is 0 Å². The molecule has 4 atom stereocenters. The van der Waals surface area contributed by atoms with E-state index < -0.39 is 42.6 Å². The summed E-state index contributed by atoms with van der Waals surface area (Å²) in [6.07, 6.45) is -5.81. The summed E-state index contributed by atoms with van der Waals surface area (Å²) in [4.78, 5) is 30.0. The van der Waals surface area contributed by atoms with E-state index in [0.717, 1.165) is 6.92 Å². The number of carbonyl (C=O) groups is 2. The highest BCUT2D eigenvalue weighted by molar-refractivity contribution is 5.84. The summed E-state index contributed by atoms with van der Waals surface area (Å²) < 4.78 is 4.43. The fraction of sp³-hybridized carbons (Fsp3) is 0.750. The molecule has 1 aliphatic heterocycles. The maximum Gasteiger partial charge on any atom is 0.420 e. The minimum Gasteiger partial charge on any atom is -0.416 e. The molecule has 0 aromatic carbocycles. The molecule has 0 bridgehead atoms. The predicted octanol–water partition coefficient (Wildman–Crippen LogP) is -3.19. The van der Waals surface area contributed by atoms with E-state index in [4.69, 9.17) is 10.2 Å². The van der Waals surface area contributed by atoms with Crippen molar-refractivity contribution in [3.05, 3.63) is 0 Å². The van der Waals surface area contributed by atoms with Crippen LogP contribution >= 0.6 is 0 Å². The molecule has 9 heteroatoms. The molecule has 1 saturated heterocycles. The van der Waals surface area contributed by atoms with Crippen molar-refractivity contribution in [2.24, 2.45) is 0 Å². The van der Waals surface area contributed by atoms with Gasteiger partial charge in [-0.05, 0) is 0 Å². The van der Waals surface area contributed by atoms with E-state index in [0.29, 0.717) is 0 Å². The number of esters is 1. The molecule has 0 amide bonds. The average molecular weight is 252 g/mol. The van der Waals surface area contributed by atoms with Crippen LogP contribution in [0.5, 0.6) is 0 Å². The summed E-state index contributed by atoms with van der Waals surface area (Å²) in [5.74, 6) is -4.71. The summed E-state index contributed by atoms with van der Waals surface area (Å²) in [7, 11) is 0. The second kappa shape index (κ2) is 4.94. The van der Waals surface area contributed by atoms with E-state index >= 15 is 0 Å². The predicted molar refractivity (Wildman–Crippen MR) is 46.8 cm³/mol. The van der Waals surface area contributed by atoms with Gasteiger partial charge in [0.05, 0.1) is 6.61 Å². The first-order valence-electron chi connectivity index (χ1n) is 4.60. The van der Waals surface area contributed by atoms with E-state index in [-0.39, 0.29) is 0 Å². The maximum atomic E-state index is 11.1. The monoisotopic (exact) mass is 252 g/mol. The normalized spacial score (nSPS) is 28.6. The third-order valence-electron chi connectivity index (χ3n) is 2.12. The van der Waals surface area contributed by atoms with Gasteiger partial charge in [0, 0.05) is 6.92 Å². The van der Waals surface area contributed by atoms with Crippen LogP contribution in [0.15, 0.2) is 0 Å². The fourth-order valence-corrected chi connectivity index (χ4v) is 1.20. The minimum atomic E-state index is -2.51. The number of hydrogen-bond donors (Lipinski definition) is 4. The van der Waals surface area contributed by atoms with Crippen molar-refractivity contribution in [3.63, 3.8) is 0 Å². The Morgan fingerprint density at radius 2 is 2.06 bits per heavy atom. The first-order valence-corrected chi connectivity index (χ1v) is 4.60. The van der Waals surface area contributed by atoms with Crippen LogP contribution in [0.1, 0.15) is 6.92 Å². The van der Waals surface area contributed by atoms with Crippen molar-refractivity contribution in [2.45, 2.75) is 31.0 Å². The Balaban J connectivity index is 2.85. The fourth-order valence-electron chi connectivity index (χ4n) is 1.20. The Hall–Kier alpha value is -1.26. The largest absolute Gasteiger partial charge is 0.420 e. The van der Waals surface area contributed by atoms with Gasteiger partial charge >= 0.3 is 17.7 Å². The second-order valence-corrected chi connectivity index (χ2v) is 3.40. The Bertz CT molecular complexity index is 316. The van der Waals surface area contributed by atoms with Gasteiger partial charge < -0.3 is 25.2 Å². The van der Waals surface area contributed by atoms with Crippen LogP contribution in [0, 0.1) is 0 Å². The van der Waals surface area contributed by atoms with Crippen molar-refractivity contribution in [2.75, 3.05) is 6.61 Å². The lowest BCUT2D eigenvalue weighted by molar-refractivity contribution is -0.478. The SMILES string of the molecule is CC(=O)O[C@@]1([C@@H](O)[C@H](O)[C@H](O)CO)OOC1=O. The van der Waals surface area contributed by atoms with Gasteiger partial charge in [0.25, 0.3) is 0 Å². The summed E-state index contributed by atoms with van der Waals surface area (Å²) >= 11 is 0. The average Bonchev–Trinajstić information content (AvgIpc) is 2.30. The van der Waals surface area contributed by atoms with Crippen LogP contribution in [0.2, 0.25) is 0 Å². The van der Waals surface area contributed by atoms with E-state index in [9.17, 15) is 19.8 Å². The second-order valence-electron chi connectivity index (χ2n) is 3.40. The smallest absolute Gasteiger partial charge is 0.416 e. The Kier molecular flexibility index (Phi) is 4.01. The van der Waals surface area contributed by atoms with Gasteiger partial charge in [-0.25, -0.2) is 4.79 Å². The topological polar surface area (TPSA) is 143 Å². The Morgan fingerprint density at radius 1 is 1.47 bits per heavy atom. The van der Waals surface area contributed by atoms with E-state index in [1.165, 1.54) is 0 Å². The van der Waals surface area contributed by atoms with Crippen LogP contribution < -0.4 is 0 Å². The lowest BCUT2D eigenvalue weighted by Gasteiger charge is -2.40. The number of carbonyl (C=O) groups excluding carboxylic acids is 2. The van der Waals surface area contributed by atoms with Crippen LogP contribution in [0.4, 0.5) is 0 Å². The molecular formula is C8H12O9. The van der Waals surface area contributed by atoms with Gasteiger partial charge in [-0.3, -0.25) is 9.68 Å². The number of hydrogen-bond acceptors (Lipinski definition) is 9. The van der Waals surface area contributed by atoms with Crippen molar-refractivity contribution >= 4 is 11.9 Å². The molecule has 0 spiro atoms. The molecule has 0 aliphatic carbocycles. The summed E-state index contributed by atoms with van der Waals surface area (Å²) in [5.41, 5.74) is 0. The highest BCUT2D eigenvalue weighted by atomic mass is 17.3. The molecule has 0 aromatic rings. The highest BCUT2D eigenvalue weighted by Crippen LogP contribution is 2.32. The van der Waals surface area contributed by atoms with Crippen LogP contribution in [-0.2, 0) is 24.1 Å². The molecule has 4 N–H and O–H groups in total. The van der Waals surface area contributed by atoms with Gasteiger partial charge in [-0.1, -0.05) is 0 Å². The van der Waals surface area contributed by atoms with Gasteiger partial charge in [-0.15, -0.1) is 4.89 Å². The van der Waals surface area contributed by atoms with Gasteiger partial charge in [0.15, 0.2) is 6.10 Å². The number of ether oxygens (including phenoxy) is 1. The molecule has 9 nitrogen and oxygen atoms in total. The molecule has 0 aromatic heterocycles. The quantitative estimate of drug-likeness (QED) is 0.294. The Labute approximate surface area is 95.1 Å². The lowest BCUT2D eigenvalue weighted by atomic mass is 9.99. The molecule has 0 radical (unpaired) electrons. The van der Waals surface area contributed by atoms with Crippen molar-refractivity contribution in [1.82, 2.24) is 0 Å². The molecule has 1 heterocycles. The van der Waals surface area contributed by atoms with E-state index in [1.54, 1.807) is 0 Å². The summed E-state index contributed by atoms with van der Waals surface area (Å²) in [6.45, 7) is 0.0711. The molecule has 1 rings (SSSR count). The zero-order valence-electron chi connectivity index (χ0n) is 8.77. The molecule has 0 saturated carbocycles. The zero-order valence-corrected chi connectivity index (χ0v) is 8.77. The minimum absolute atomic E-state index is 0.872. The van der Waals surface area contributed by atoms with Crippen molar-refractivity contribution in [1.29, 1.82) is 0 Å². The Morgan fingerprint density at radius 3 is 2.35 bits per heavy atom. The summed E-state index contributed by atoms with van der Waals surface area (Å²) in [6, 6.07) is 0. The van der Waals surface area contributed by atoms with Crippen molar-refractivity contribution in [3.8, 4) is 0 Å². The molecule has 98 valence electrons.